The zero-order valence-corrected chi connectivity index (χ0v) is 33.6. The molecule has 1 aromatic heterocycles. The largest absolute Gasteiger partial charge is 0.417 e. The van der Waals surface area contributed by atoms with Crippen LogP contribution in [0.25, 0.3) is 0 Å². The van der Waals surface area contributed by atoms with E-state index in [0.717, 1.165) is 76.7 Å². The highest BCUT2D eigenvalue weighted by Crippen LogP contribution is 2.41. The highest BCUT2D eigenvalue weighted by atomic mass is 32.1. The van der Waals surface area contributed by atoms with Crippen molar-refractivity contribution >= 4 is 58.3 Å². The summed E-state index contributed by atoms with van der Waals surface area (Å²) in [6.45, 7) is 11.0. The van der Waals surface area contributed by atoms with Gasteiger partial charge in [0.2, 0.25) is 11.8 Å². The normalized spacial score (nSPS) is 24.8. The Morgan fingerprint density at radius 2 is 1.72 bits per heavy atom. The summed E-state index contributed by atoms with van der Waals surface area (Å²) in [4.78, 5) is 63.7. The van der Waals surface area contributed by atoms with E-state index in [1.807, 2.05) is 4.90 Å². The quantitative estimate of drug-likeness (QED) is 0.208. The molecule has 1 aromatic carbocycles. The minimum atomic E-state index is -4.75. The van der Waals surface area contributed by atoms with Gasteiger partial charge in [0.15, 0.2) is 5.11 Å². The molecule has 3 aliphatic heterocycles. The van der Waals surface area contributed by atoms with Crippen molar-refractivity contribution in [1.29, 1.82) is 5.26 Å². The van der Waals surface area contributed by atoms with Gasteiger partial charge in [0.05, 0.1) is 41.3 Å². The van der Waals surface area contributed by atoms with Crippen LogP contribution < -0.4 is 20.4 Å². The Labute approximate surface area is 336 Å². The van der Waals surface area contributed by atoms with Crippen LogP contribution >= 0.6 is 12.2 Å². The highest BCUT2D eigenvalue weighted by Gasteiger charge is 2.52. The van der Waals surface area contributed by atoms with E-state index in [1.54, 1.807) is 32.0 Å². The number of pyridine rings is 1. The summed E-state index contributed by atoms with van der Waals surface area (Å²) in [5.74, 6) is 0.0849. The molecular formula is C40H50F3N9O4S. The number of unbranched alkanes of at least 4 members (excludes halogenated alkanes) is 1. The van der Waals surface area contributed by atoms with Gasteiger partial charge in [-0.25, -0.2) is 9.78 Å². The Bertz CT molecular complexity index is 1900. The lowest BCUT2D eigenvalue weighted by Gasteiger charge is -2.44. The van der Waals surface area contributed by atoms with Crippen LogP contribution in [0.5, 0.6) is 0 Å². The number of alkyl halides is 3. The Balaban J connectivity index is 0.918. The number of urea groups is 1. The number of thiocarbonyl (C=S) groups is 1. The number of nitriles is 1. The number of nitrogens with zero attached hydrogens (tertiary/aromatic N) is 7. The molecule has 3 saturated heterocycles. The van der Waals surface area contributed by atoms with Crippen LogP contribution in [0.3, 0.4) is 0 Å². The lowest BCUT2D eigenvalue weighted by molar-refractivity contribution is -0.137. The number of benzene rings is 1. The molecule has 17 heteroatoms. The van der Waals surface area contributed by atoms with E-state index in [-0.39, 0.29) is 66.2 Å². The molecule has 2 N–H and O–H groups in total. The van der Waals surface area contributed by atoms with Crippen molar-refractivity contribution in [2.24, 2.45) is 5.92 Å². The maximum Gasteiger partial charge on any atom is 0.417 e. The Kier molecular flexibility index (Phi) is 12.6. The molecule has 0 spiro atoms. The summed E-state index contributed by atoms with van der Waals surface area (Å²) < 4.78 is 41.2. The van der Waals surface area contributed by atoms with Gasteiger partial charge in [-0.15, -0.1) is 0 Å². The molecule has 57 heavy (non-hydrogen) atoms. The number of rotatable bonds is 11. The zero-order chi connectivity index (χ0) is 41.2. The van der Waals surface area contributed by atoms with Crippen LogP contribution in [-0.2, 0) is 20.6 Å². The number of hydrogen-bond donors (Lipinski definition) is 2. The maximum atomic E-state index is 13.7. The second-order valence-corrected chi connectivity index (χ2v) is 16.6. The van der Waals surface area contributed by atoms with Gasteiger partial charge in [-0.05, 0) is 115 Å². The fourth-order valence-corrected chi connectivity index (χ4v) is 9.42. The number of amides is 5. The lowest BCUT2D eigenvalue weighted by Crippen LogP contribution is -2.58. The first-order chi connectivity index (χ1) is 27.0. The molecule has 1 aliphatic carbocycles. The second-order valence-electron chi connectivity index (χ2n) is 16.2. The first-order valence-corrected chi connectivity index (χ1v) is 20.0. The third-order valence-electron chi connectivity index (χ3n) is 11.8. The van der Waals surface area contributed by atoms with Gasteiger partial charge in [0, 0.05) is 44.2 Å². The molecule has 13 nitrogen and oxygen atoms in total. The molecule has 306 valence electrons. The molecule has 0 bridgehead atoms. The number of anilines is 3. The van der Waals surface area contributed by atoms with Crippen molar-refractivity contribution in [3.8, 4) is 6.07 Å². The third kappa shape index (κ3) is 9.23. The van der Waals surface area contributed by atoms with Crippen molar-refractivity contribution in [2.45, 2.75) is 109 Å². The van der Waals surface area contributed by atoms with Gasteiger partial charge in [0.1, 0.15) is 11.4 Å². The molecule has 0 unspecified atom stereocenters. The average Bonchev–Trinajstić information content (AvgIpc) is 3.33. The zero-order valence-electron chi connectivity index (χ0n) is 32.8. The number of imide groups is 1. The van der Waals surface area contributed by atoms with Gasteiger partial charge in [-0.3, -0.25) is 34.4 Å². The monoisotopic (exact) mass is 809 g/mol. The number of hydrogen-bond acceptors (Lipinski definition) is 9. The van der Waals surface area contributed by atoms with Crippen molar-refractivity contribution in [2.75, 3.05) is 47.8 Å². The van der Waals surface area contributed by atoms with E-state index in [1.165, 1.54) is 22.1 Å². The SMILES string of the molecule is C[C@@H]1CN(CCCCC2CCC(N3C(=S)N(c4ccc(C#N)c(C(F)(F)F)c4)C(=O)C3(C)C)CC2)C[C@H](C)N1CC(=O)Nc1ccc(N2CCC(=O)NC2=O)cn1. The standard InChI is InChI=1S/C40H50F3N9O4S/c1-25-22-48(23-26(2)50(25)24-35(54)46-33-15-14-31(21-45-33)49-18-16-34(53)47-37(49)56)17-6-5-7-27-8-11-29(12-9-27)52-38(57)51(36(55)39(52,3)4)30-13-10-28(20-44)32(19-30)40(41,42)43/h10,13-15,19,21,25-27,29H,5-9,11-12,16-18,22-24H2,1-4H3,(H,45,46,54)(H,47,53,56)/t25-,26+,27?,29?. The van der Waals surface area contributed by atoms with E-state index in [0.29, 0.717) is 17.4 Å². The van der Waals surface area contributed by atoms with E-state index >= 15 is 0 Å². The van der Waals surface area contributed by atoms with Crippen LogP contribution in [-0.4, -0.2) is 105 Å². The van der Waals surface area contributed by atoms with Gasteiger partial charge >= 0.3 is 12.2 Å². The van der Waals surface area contributed by atoms with Crippen LogP contribution in [0.1, 0.15) is 90.2 Å². The first-order valence-electron chi connectivity index (χ1n) is 19.6. The lowest BCUT2D eigenvalue weighted by atomic mass is 9.81. The Morgan fingerprint density at radius 3 is 2.33 bits per heavy atom. The summed E-state index contributed by atoms with van der Waals surface area (Å²) in [7, 11) is 0. The van der Waals surface area contributed by atoms with Crippen molar-refractivity contribution < 1.29 is 32.3 Å². The summed E-state index contributed by atoms with van der Waals surface area (Å²) in [6.07, 6.45) is 3.86. The van der Waals surface area contributed by atoms with Gasteiger partial charge in [0.25, 0.3) is 5.91 Å². The molecule has 4 fully saturated rings. The van der Waals surface area contributed by atoms with Gasteiger partial charge < -0.3 is 15.1 Å². The Morgan fingerprint density at radius 1 is 1.04 bits per heavy atom. The summed E-state index contributed by atoms with van der Waals surface area (Å²) in [5.41, 5.74) is -2.06. The average molecular weight is 810 g/mol. The van der Waals surface area contributed by atoms with E-state index in [2.05, 4.69) is 39.3 Å². The van der Waals surface area contributed by atoms with Crippen molar-refractivity contribution in [1.82, 2.24) is 25.0 Å². The predicted molar refractivity (Wildman–Crippen MR) is 212 cm³/mol. The number of nitrogens with one attached hydrogen (secondary N) is 2. The number of aromatic nitrogens is 1. The first kappa shape index (κ1) is 42.0. The molecule has 2 atom stereocenters. The topological polar surface area (TPSA) is 145 Å². The van der Waals surface area contributed by atoms with Crippen molar-refractivity contribution in [3.05, 3.63) is 47.7 Å². The van der Waals surface area contributed by atoms with Crippen molar-refractivity contribution in [3.63, 3.8) is 0 Å². The molecule has 0 radical (unpaired) electrons. The fourth-order valence-electron chi connectivity index (χ4n) is 8.85. The van der Waals surface area contributed by atoms with E-state index < -0.39 is 28.9 Å². The number of carbonyl (C=O) groups is 4. The van der Waals surface area contributed by atoms with Crippen LogP contribution in [0.4, 0.5) is 35.2 Å². The fraction of sp³-hybridized carbons (Fsp3) is 0.575. The summed E-state index contributed by atoms with van der Waals surface area (Å²) >= 11 is 5.76. The molecular weight excluding hydrogens is 760 g/mol. The van der Waals surface area contributed by atoms with E-state index in [4.69, 9.17) is 12.2 Å². The number of piperazine rings is 1. The summed E-state index contributed by atoms with van der Waals surface area (Å²) in [5, 5.41) is 14.6. The van der Waals surface area contributed by atoms with Crippen LogP contribution in [0.15, 0.2) is 36.5 Å². The van der Waals surface area contributed by atoms with Crippen LogP contribution in [0.2, 0.25) is 0 Å². The minimum Gasteiger partial charge on any atom is -0.331 e. The van der Waals surface area contributed by atoms with Gasteiger partial charge in [-0.1, -0.05) is 12.8 Å². The molecule has 6 rings (SSSR count). The third-order valence-corrected chi connectivity index (χ3v) is 12.2. The van der Waals surface area contributed by atoms with Gasteiger partial charge in [-0.2, -0.15) is 18.4 Å². The molecule has 5 amide bonds. The molecule has 4 heterocycles. The second kappa shape index (κ2) is 17.1. The smallest absolute Gasteiger partial charge is 0.331 e. The predicted octanol–water partition coefficient (Wildman–Crippen LogP) is 5.89. The summed E-state index contributed by atoms with van der Waals surface area (Å²) in [6, 6.07) is 8.07. The highest BCUT2D eigenvalue weighted by molar-refractivity contribution is 7.80. The molecule has 4 aliphatic rings. The number of halogens is 3. The molecule has 1 saturated carbocycles. The minimum absolute atomic E-state index is 0.000441. The maximum absolute atomic E-state index is 13.7. The number of carbonyl (C=O) groups excluding carboxylic acids is 4. The van der Waals surface area contributed by atoms with E-state index in [9.17, 15) is 37.6 Å². The molecule has 2 aromatic rings. The Hall–Kier alpha value is -4.66. The van der Waals surface area contributed by atoms with Crippen LogP contribution in [0, 0.1) is 17.2 Å².